The topological polar surface area (TPSA) is 95.6 Å². The van der Waals surface area contributed by atoms with Crippen LogP contribution in [0.3, 0.4) is 0 Å². The summed E-state index contributed by atoms with van der Waals surface area (Å²) in [6.07, 6.45) is 1.91. The molecule has 0 unspecified atom stereocenters. The Hall–Kier alpha value is -3.36. The molecule has 0 atom stereocenters. The Bertz CT molecular complexity index is 1400. The fraction of sp³-hybridized carbons (Fsp3) is 0.231. The second-order valence-corrected chi connectivity index (χ2v) is 10.6. The van der Waals surface area contributed by atoms with Crippen LogP contribution in [-0.2, 0) is 10.0 Å². The number of para-hydroxylation sites is 1. The van der Waals surface area contributed by atoms with Gasteiger partial charge in [-0.1, -0.05) is 41.4 Å². The van der Waals surface area contributed by atoms with Crippen LogP contribution in [0.5, 0.6) is 0 Å². The average molecular weight is 512 g/mol. The molecule has 0 aromatic heterocycles. The van der Waals surface area contributed by atoms with Crippen LogP contribution in [-0.4, -0.2) is 38.2 Å². The molecule has 1 fully saturated rings. The first-order chi connectivity index (χ1) is 16.7. The molecule has 4 rings (SSSR count). The molecule has 182 valence electrons. The van der Waals surface area contributed by atoms with Crippen molar-refractivity contribution < 1.29 is 18.0 Å². The quantitative estimate of drug-likeness (QED) is 0.472. The number of nitrogens with one attached hydrogen (secondary N) is 2. The highest BCUT2D eigenvalue weighted by Gasteiger charge is 2.24. The minimum atomic E-state index is -4.06. The molecular weight excluding hydrogens is 486 g/mol. The van der Waals surface area contributed by atoms with E-state index in [-0.39, 0.29) is 21.4 Å². The summed E-state index contributed by atoms with van der Waals surface area (Å²) >= 11 is 6.22. The molecule has 2 N–H and O–H groups in total. The van der Waals surface area contributed by atoms with E-state index in [9.17, 15) is 18.0 Å². The van der Waals surface area contributed by atoms with Gasteiger partial charge in [0.05, 0.1) is 22.0 Å². The number of amides is 2. The third-order valence-corrected chi connectivity index (χ3v) is 7.76. The van der Waals surface area contributed by atoms with Gasteiger partial charge in [0.1, 0.15) is 4.90 Å². The maximum Gasteiger partial charge on any atom is 0.263 e. The summed E-state index contributed by atoms with van der Waals surface area (Å²) in [5.41, 5.74) is 3.04. The predicted molar refractivity (Wildman–Crippen MR) is 138 cm³/mol. The number of carbonyl (C=O) groups is 2. The Labute approximate surface area is 210 Å². The lowest BCUT2D eigenvalue weighted by molar-refractivity contribution is 0.0794. The normalized spacial score (nSPS) is 13.5. The molecule has 1 heterocycles. The first-order valence-electron chi connectivity index (χ1n) is 11.2. The first-order valence-corrected chi connectivity index (χ1v) is 13.1. The van der Waals surface area contributed by atoms with Crippen molar-refractivity contribution in [3.05, 3.63) is 87.9 Å². The standard InChI is InChI=1S/C26H26ClN3O4S/c1-17-9-12-22(18(2)15-17)29-35(33,34)24-16-19(10-11-21(24)27)25(31)28-23-8-4-3-7-20(23)26(32)30-13-5-6-14-30/h3-4,7-12,15-16,29H,5-6,13-14H2,1-2H3,(H,28,31). The van der Waals surface area contributed by atoms with Gasteiger partial charge in [0.25, 0.3) is 21.8 Å². The van der Waals surface area contributed by atoms with Gasteiger partial charge in [0.2, 0.25) is 0 Å². The SMILES string of the molecule is Cc1ccc(NS(=O)(=O)c2cc(C(=O)Nc3ccccc3C(=O)N3CCCC3)ccc2Cl)c(C)c1. The monoisotopic (exact) mass is 511 g/mol. The van der Waals surface area contributed by atoms with E-state index in [0.717, 1.165) is 24.0 Å². The molecule has 0 aliphatic carbocycles. The Kier molecular flexibility index (Phi) is 7.14. The number of halogens is 1. The van der Waals surface area contributed by atoms with Gasteiger partial charge in [0, 0.05) is 18.7 Å². The summed E-state index contributed by atoms with van der Waals surface area (Å²) < 4.78 is 28.8. The number of nitrogens with zero attached hydrogens (tertiary/aromatic N) is 1. The van der Waals surface area contributed by atoms with Crippen molar-refractivity contribution in [1.29, 1.82) is 0 Å². The van der Waals surface area contributed by atoms with Gasteiger partial charge >= 0.3 is 0 Å². The fourth-order valence-electron chi connectivity index (χ4n) is 4.04. The molecule has 1 aliphatic heterocycles. The van der Waals surface area contributed by atoms with E-state index in [1.807, 2.05) is 13.0 Å². The molecule has 0 radical (unpaired) electrons. The third kappa shape index (κ3) is 5.49. The zero-order valence-corrected chi connectivity index (χ0v) is 21.0. The van der Waals surface area contributed by atoms with E-state index in [0.29, 0.717) is 30.0 Å². The van der Waals surface area contributed by atoms with E-state index in [1.54, 1.807) is 48.2 Å². The van der Waals surface area contributed by atoms with Crippen LogP contribution < -0.4 is 10.0 Å². The molecule has 0 spiro atoms. The van der Waals surface area contributed by atoms with Crippen molar-refractivity contribution >= 4 is 44.8 Å². The second kappa shape index (κ2) is 10.1. The summed E-state index contributed by atoms with van der Waals surface area (Å²) in [7, 11) is -4.06. The highest BCUT2D eigenvalue weighted by Crippen LogP contribution is 2.28. The lowest BCUT2D eigenvalue weighted by atomic mass is 10.1. The van der Waals surface area contributed by atoms with Gasteiger partial charge in [-0.15, -0.1) is 0 Å². The predicted octanol–water partition coefficient (Wildman–Crippen LogP) is 5.25. The minimum Gasteiger partial charge on any atom is -0.339 e. The molecule has 35 heavy (non-hydrogen) atoms. The summed E-state index contributed by atoms with van der Waals surface area (Å²) in [6, 6.07) is 16.2. The third-order valence-electron chi connectivity index (χ3n) is 5.91. The van der Waals surface area contributed by atoms with Crippen molar-refractivity contribution in [2.45, 2.75) is 31.6 Å². The highest BCUT2D eigenvalue weighted by atomic mass is 35.5. The summed E-state index contributed by atoms with van der Waals surface area (Å²) in [4.78, 5) is 27.5. The Balaban J connectivity index is 1.59. The number of likely N-dealkylation sites (tertiary alicyclic amines) is 1. The lowest BCUT2D eigenvalue weighted by Gasteiger charge is -2.18. The molecular formula is C26H26ClN3O4S. The van der Waals surface area contributed by atoms with Crippen molar-refractivity contribution in [1.82, 2.24) is 4.90 Å². The van der Waals surface area contributed by atoms with Crippen LogP contribution in [0.25, 0.3) is 0 Å². The number of benzene rings is 3. The number of aryl methyl sites for hydroxylation is 2. The van der Waals surface area contributed by atoms with Crippen molar-refractivity contribution in [2.24, 2.45) is 0 Å². The average Bonchev–Trinajstić information content (AvgIpc) is 3.36. The Morgan fingerprint density at radius 1 is 0.914 bits per heavy atom. The van der Waals surface area contributed by atoms with Crippen molar-refractivity contribution in [3.63, 3.8) is 0 Å². The smallest absolute Gasteiger partial charge is 0.263 e. The summed E-state index contributed by atoms with van der Waals surface area (Å²) in [5, 5.41) is 2.74. The first kappa shape index (κ1) is 24.8. The number of carbonyl (C=O) groups excluding carboxylic acids is 2. The fourth-order valence-corrected chi connectivity index (χ4v) is 5.70. The van der Waals surface area contributed by atoms with Gasteiger partial charge in [-0.05, 0) is 68.7 Å². The number of hydrogen-bond acceptors (Lipinski definition) is 4. The molecule has 7 nitrogen and oxygen atoms in total. The van der Waals surface area contributed by atoms with Crippen LogP contribution in [0.15, 0.2) is 65.6 Å². The molecule has 9 heteroatoms. The lowest BCUT2D eigenvalue weighted by Crippen LogP contribution is -2.28. The van der Waals surface area contributed by atoms with E-state index >= 15 is 0 Å². The van der Waals surface area contributed by atoms with E-state index in [4.69, 9.17) is 11.6 Å². The van der Waals surface area contributed by atoms with Crippen LogP contribution in [0.4, 0.5) is 11.4 Å². The number of hydrogen-bond donors (Lipinski definition) is 2. The van der Waals surface area contributed by atoms with E-state index < -0.39 is 15.9 Å². The van der Waals surface area contributed by atoms with Crippen LogP contribution in [0, 0.1) is 13.8 Å². The minimum absolute atomic E-state index is 0.0107. The maximum absolute atomic E-state index is 13.1. The van der Waals surface area contributed by atoms with Gasteiger partial charge < -0.3 is 10.2 Å². The van der Waals surface area contributed by atoms with Gasteiger partial charge in [0.15, 0.2) is 0 Å². The Morgan fingerprint density at radius 3 is 2.34 bits per heavy atom. The van der Waals surface area contributed by atoms with Crippen LogP contribution in [0.2, 0.25) is 5.02 Å². The van der Waals surface area contributed by atoms with E-state index in [2.05, 4.69) is 10.0 Å². The zero-order valence-electron chi connectivity index (χ0n) is 19.5. The van der Waals surface area contributed by atoms with Gasteiger partial charge in [-0.2, -0.15) is 0 Å². The van der Waals surface area contributed by atoms with Crippen molar-refractivity contribution in [2.75, 3.05) is 23.1 Å². The largest absolute Gasteiger partial charge is 0.339 e. The second-order valence-electron chi connectivity index (χ2n) is 8.57. The van der Waals surface area contributed by atoms with Gasteiger partial charge in [-0.25, -0.2) is 8.42 Å². The maximum atomic E-state index is 13.1. The van der Waals surface area contributed by atoms with Crippen molar-refractivity contribution in [3.8, 4) is 0 Å². The number of rotatable bonds is 6. The van der Waals surface area contributed by atoms with E-state index in [1.165, 1.54) is 18.2 Å². The molecule has 3 aromatic carbocycles. The highest BCUT2D eigenvalue weighted by molar-refractivity contribution is 7.92. The zero-order chi connectivity index (χ0) is 25.2. The molecule has 3 aromatic rings. The summed E-state index contributed by atoms with van der Waals surface area (Å²) in [5.74, 6) is -0.693. The van der Waals surface area contributed by atoms with Crippen LogP contribution >= 0.6 is 11.6 Å². The number of anilines is 2. The molecule has 2 amide bonds. The molecule has 0 saturated carbocycles. The number of sulfonamides is 1. The molecule has 1 aliphatic rings. The molecule has 1 saturated heterocycles. The molecule has 0 bridgehead atoms. The van der Waals surface area contributed by atoms with Gasteiger partial charge in [-0.3, -0.25) is 14.3 Å². The Morgan fingerprint density at radius 2 is 1.63 bits per heavy atom. The summed E-state index contributed by atoms with van der Waals surface area (Å²) in [6.45, 7) is 5.10. The van der Waals surface area contributed by atoms with Crippen LogP contribution in [0.1, 0.15) is 44.7 Å².